The molecule has 14 heteroatoms. The van der Waals surface area contributed by atoms with Gasteiger partial charge in [-0.15, -0.1) is 0 Å². The molecule has 2 aromatic rings. The van der Waals surface area contributed by atoms with Gasteiger partial charge < -0.3 is 19.3 Å². The number of hydroxylamine groups is 1. The highest BCUT2D eigenvalue weighted by Crippen LogP contribution is 2.25. The Morgan fingerprint density at radius 1 is 1.07 bits per heavy atom. The van der Waals surface area contributed by atoms with Crippen molar-refractivity contribution in [2.75, 3.05) is 33.8 Å². The van der Waals surface area contributed by atoms with Crippen molar-refractivity contribution in [1.29, 1.82) is 0 Å². The van der Waals surface area contributed by atoms with Crippen molar-refractivity contribution in [2.45, 2.75) is 69.0 Å². The SMILES string of the molecule is COc1ccc(S(=O)(=O)N(CCC(=O)N2CCC(N(C)C(=O)OC(C)(C)C)CC2)C(Cc2ccc(F)cc2)C(=O)NO)cc1. The molecule has 1 saturated heterocycles. The monoisotopic (exact) mass is 636 g/mol. The number of hydrogen-bond acceptors (Lipinski definition) is 8. The number of sulfonamides is 1. The summed E-state index contributed by atoms with van der Waals surface area (Å²) < 4.78 is 52.8. The van der Waals surface area contributed by atoms with E-state index in [1.807, 2.05) is 0 Å². The van der Waals surface area contributed by atoms with Crippen molar-refractivity contribution in [3.63, 3.8) is 0 Å². The largest absolute Gasteiger partial charge is 0.497 e. The molecule has 2 aromatic carbocycles. The van der Waals surface area contributed by atoms with Gasteiger partial charge in [-0.2, -0.15) is 4.31 Å². The van der Waals surface area contributed by atoms with E-state index in [1.165, 1.54) is 66.0 Å². The predicted molar refractivity (Wildman–Crippen MR) is 159 cm³/mol. The van der Waals surface area contributed by atoms with Gasteiger partial charge in [0.1, 0.15) is 23.2 Å². The van der Waals surface area contributed by atoms with E-state index in [0.717, 1.165) is 4.31 Å². The molecule has 3 rings (SSSR count). The van der Waals surface area contributed by atoms with E-state index in [0.29, 0.717) is 37.2 Å². The van der Waals surface area contributed by atoms with Gasteiger partial charge in [0.2, 0.25) is 15.9 Å². The number of nitrogens with one attached hydrogen (secondary N) is 1. The number of methoxy groups -OCH3 is 1. The van der Waals surface area contributed by atoms with Gasteiger partial charge in [-0.05, 0) is 82.0 Å². The van der Waals surface area contributed by atoms with E-state index in [9.17, 15) is 32.4 Å². The van der Waals surface area contributed by atoms with Crippen LogP contribution in [0.4, 0.5) is 9.18 Å². The number of nitrogens with zero attached hydrogens (tertiary/aromatic N) is 3. The Balaban J connectivity index is 1.80. The fraction of sp³-hybridized carbons (Fsp3) is 0.500. The summed E-state index contributed by atoms with van der Waals surface area (Å²) in [4.78, 5) is 41.6. The fourth-order valence-corrected chi connectivity index (χ4v) is 6.51. The molecule has 0 aliphatic carbocycles. The second-order valence-corrected chi connectivity index (χ2v) is 13.5. The fourth-order valence-electron chi connectivity index (χ4n) is 4.92. The van der Waals surface area contributed by atoms with Gasteiger partial charge in [-0.3, -0.25) is 14.8 Å². The number of amides is 3. The quantitative estimate of drug-likeness (QED) is 0.283. The third kappa shape index (κ3) is 9.13. The van der Waals surface area contributed by atoms with Crippen LogP contribution < -0.4 is 10.2 Å². The number of piperidine rings is 1. The molecule has 0 radical (unpaired) electrons. The van der Waals surface area contributed by atoms with Gasteiger partial charge >= 0.3 is 6.09 Å². The number of halogens is 1. The summed E-state index contributed by atoms with van der Waals surface area (Å²) in [6.45, 7) is 5.67. The molecule has 1 aliphatic rings. The van der Waals surface area contributed by atoms with Crippen LogP contribution in [0.25, 0.3) is 0 Å². The minimum Gasteiger partial charge on any atom is -0.497 e. The van der Waals surface area contributed by atoms with E-state index >= 15 is 0 Å². The zero-order valence-electron chi connectivity index (χ0n) is 25.7. The summed E-state index contributed by atoms with van der Waals surface area (Å²) in [7, 11) is -1.28. The summed E-state index contributed by atoms with van der Waals surface area (Å²) in [6.07, 6.45) is 0.125. The Bertz CT molecular complexity index is 1390. The van der Waals surface area contributed by atoms with E-state index < -0.39 is 39.5 Å². The van der Waals surface area contributed by atoms with Gasteiger partial charge in [-0.1, -0.05) is 12.1 Å². The Labute approximate surface area is 257 Å². The lowest BCUT2D eigenvalue weighted by Crippen LogP contribution is -2.52. The Morgan fingerprint density at radius 2 is 1.66 bits per heavy atom. The summed E-state index contributed by atoms with van der Waals surface area (Å²) in [6, 6.07) is 9.14. The van der Waals surface area contributed by atoms with Gasteiger partial charge in [0.15, 0.2) is 0 Å². The highest BCUT2D eigenvalue weighted by molar-refractivity contribution is 7.89. The first-order chi connectivity index (χ1) is 20.7. The number of likely N-dealkylation sites (tertiary alicyclic amines) is 1. The summed E-state index contributed by atoms with van der Waals surface area (Å²) in [5.41, 5.74) is 1.34. The van der Waals surface area contributed by atoms with Crippen LogP contribution in [0.3, 0.4) is 0 Å². The number of ether oxygens (including phenoxy) is 2. The van der Waals surface area contributed by atoms with Crippen LogP contribution in [0.15, 0.2) is 53.4 Å². The third-order valence-corrected chi connectivity index (χ3v) is 9.28. The minimum atomic E-state index is -4.38. The maximum atomic E-state index is 13.9. The lowest BCUT2D eigenvalue weighted by Gasteiger charge is -2.37. The van der Waals surface area contributed by atoms with E-state index in [4.69, 9.17) is 9.47 Å². The molecule has 1 heterocycles. The van der Waals surface area contributed by atoms with Crippen LogP contribution in [0.2, 0.25) is 0 Å². The molecule has 0 saturated carbocycles. The molecule has 242 valence electrons. The normalized spacial score (nSPS) is 15.0. The second-order valence-electron chi connectivity index (χ2n) is 11.6. The molecule has 0 bridgehead atoms. The summed E-state index contributed by atoms with van der Waals surface area (Å²) in [5.74, 6) is -1.43. The standard InChI is InChI=1S/C30H41FN4O8S/c1-30(2,3)43-29(38)33(4)23-14-17-34(18-15-23)27(36)16-19-35(44(40,41)25-12-10-24(42-5)11-13-25)26(28(37)32-39)20-21-6-8-22(31)9-7-21/h6-13,23,26,39H,14-20H2,1-5H3,(H,32,37). The third-order valence-electron chi connectivity index (χ3n) is 7.36. The maximum absolute atomic E-state index is 13.9. The van der Waals surface area contributed by atoms with Crippen molar-refractivity contribution in [2.24, 2.45) is 0 Å². The molecule has 3 amide bonds. The van der Waals surface area contributed by atoms with Crippen LogP contribution in [0.1, 0.15) is 45.6 Å². The lowest BCUT2D eigenvalue weighted by atomic mass is 10.0. The Kier molecular flexibility index (Phi) is 11.7. The average molecular weight is 637 g/mol. The maximum Gasteiger partial charge on any atom is 0.410 e. The van der Waals surface area contributed by atoms with Crippen LogP contribution in [-0.2, 0) is 30.8 Å². The molecule has 1 atom stereocenters. The van der Waals surface area contributed by atoms with Crippen molar-refractivity contribution >= 4 is 27.9 Å². The smallest absolute Gasteiger partial charge is 0.410 e. The van der Waals surface area contributed by atoms with Gasteiger partial charge in [0, 0.05) is 39.1 Å². The molecule has 1 aliphatic heterocycles. The molecular formula is C30H41FN4O8S. The average Bonchev–Trinajstić information content (AvgIpc) is 2.99. The van der Waals surface area contributed by atoms with Gasteiger partial charge in [0.05, 0.1) is 12.0 Å². The zero-order valence-corrected chi connectivity index (χ0v) is 26.5. The van der Waals surface area contributed by atoms with Crippen molar-refractivity contribution < 1.29 is 41.9 Å². The molecule has 2 N–H and O–H groups in total. The molecule has 44 heavy (non-hydrogen) atoms. The molecule has 0 aromatic heterocycles. The number of hydrogen-bond donors (Lipinski definition) is 2. The zero-order chi connectivity index (χ0) is 32.7. The summed E-state index contributed by atoms with van der Waals surface area (Å²) in [5, 5.41) is 9.52. The first-order valence-corrected chi connectivity index (χ1v) is 15.7. The predicted octanol–water partition coefficient (Wildman–Crippen LogP) is 3.19. The van der Waals surface area contributed by atoms with E-state index in [2.05, 4.69) is 0 Å². The van der Waals surface area contributed by atoms with Crippen molar-refractivity contribution in [1.82, 2.24) is 19.6 Å². The summed E-state index contributed by atoms with van der Waals surface area (Å²) >= 11 is 0. The van der Waals surface area contributed by atoms with E-state index in [-0.39, 0.29) is 36.2 Å². The molecule has 1 unspecified atom stereocenters. The molecule has 0 spiro atoms. The van der Waals surface area contributed by atoms with Gasteiger partial charge in [0.25, 0.3) is 5.91 Å². The number of rotatable bonds is 11. The van der Waals surface area contributed by atoms with Crippen molar-refractivity contribution in [3.05, 3.63) is 59.9 Å². The van der Waals surface area contributed by atoms with Crippen LogP contribution in [-0.4, -0.2) is 97.1 Å². The van der Waals surface area contributed by atoms with Crippen LogP contribution >= 0.6 is 0 Å². The number of carbonyl (C=O) groups excluding carboxylic acids is 3. The lowest BCUT2D eigenvalue weighted by molar-refractivity contribution is -0.135. The first kappa shape index (κ1) is 34.7. The highest BCUT2D eigenvalue weighted by Gasteiger charge is 2.37. The second kappa shape index (κ2) is 14.8. The number of carbonyl (C=O) groups is 3. The molecular weight excluding hydrogens is 595 g/mol. The molecule has 12 nitrogen and oxygen atoms in total. The van der Waals surface area contributed by atoms with E-state index in [1.54, 1.807) is 32.7 Å². The first-order valence-electron chi connectivity index (χ1n) is 14.2. The van der Waals surface area contributed by atoms with Crippen LogP contribution in [0, 0.1) is 5.82 Å². The van der Waals surface area contributed by atoms with Crippen molar-refractivity contribution in [3.8, 4) is 5.75 Å². The Hall–Kier alpha value is -3.75. The highest BCUT2D eigenvalue weighted by atomic mass is 32.2. The number of benzene rings is 2. The van der Waals surface area contributed by atoms with Gasteiger partial charge in [-0.25, -0.2) is 23.1 Å². The molecule has 1 fully saturated rings. The van der Waals surface area contributed by atoms with Crippen LogP contribution in [0.5, 0.6) is 5.75 Å². The Morgan fingerprint density at radius 3 is 2.18 bits per heavy atom. The minimum absolute atomic E-state index is 0.130. The topological polar surface area (TPSA) is 146 Å².